The number of carboxylic acids is 1. The third kappa shape index (κ3) is 2.34. The molecule has 1 heterocycles. The first-order valence-electron chi connectivity index (χ1n) is 6.28. The van der Waals surface area contributed by atoms with Gasteiger partial charge in [-0.1, -0.05) is 6.92 Å². The van der Waals surface area contributed by atoms with E-state index in [1.165, 1.54) is 23.1 Å². The molecule has 1 aromatic carbocycles. The Labute approximate surface area is 115 Å². The van der Waals surface area contributed by atoms with Crippen LogP contribution < -0.4 is 4.90 Å². The van der Waals surface area contributed by atoms with E-state index in [-0.39, 0.29) is 24.4 Å². The summed E-state index contributed by atoms with van der Waals surface area (Å²) in [4.78, 5) is 34.8. The molecule has 1 aliphatic rings. The summed E-state index contributed by atoms with van der Waals surface area (Å²) in [5.74, 6) is -1.34. The number of benzene rings is 1. The first-order chi connectivity index (χ1) is 9.45. The average Bonchev–Trinajstić information content (AvgIpc) is 2.41. The molecule has 0 spiro atoms. The molecule has 7 heteroatoms. The highest BCUT2D eigenvalue weighted by Gasteiger charge is 2.34. The SMILES string of the molecule is CCC(C(=O)O)N1C(=O)CCc2cc([N+](=O)[O-])ccc21. The molecule has 1 amide bonds. The third-order valence-corrected chi connectivity index (χ3v) is 3.39. The normalized spacial score (nSPS) is 15.7. The van der Waals surface area contributed by atoms with E-state index in [4.69, 9.17) is 0 Å². The molecule has 0 bridgehead atoms. The smallest absolute Gasteiger partial charge is 0.326 e. The lowest BCUT2D eigenvalue weighted by atomic mass is 9.98. The minimum absolute atomic E-state index is 0.0542. The third-order valence-electron chi connectivity index (χ3n) is 3.39. The molecular formula is C13H14N2O5. The van der Waals surface area contributed by atoms with Crippen LogP contribution in [0.5, 0.6) is 0 Å². The largest absolute Gasteiger partial charge is 0.480 e. The zero-order valence-electron chi connectivity index (χ0n) is 10.9. The van der Waals surface area contributed by atoms with Crippen LogP contribution in [0.1, 0.15) is 25.3 Å². The van der Waals surface area contributed by atoms with Gasteiger partial charge in [0, 0.05) is 24.2 Å². The number of aliphatic carboxylic acids is 1. The van der Waals surface area contributed by atoms with Crippen molar-refractivity contribution in [2.24, 2.45) is 0 Å². The fourth-order valence-corrected chi connectivity index (χ4v) is 2.43. The average molecular weight is 278 g/mol. The number of nitro groups is 1. The standard InChI is InChI=1S/C13H14N2O5/c1-2-10(13(17)18)14-11-5-4-9(15(19)20)7-8(11)3-6-12(14)16/h4-5,7,10H,2-3,6H2,1H3,(H,17,18). The molecule has 106 valence electrons. The maximum Gasteiger partial charge on any atom is 0.326 e. The summed E-state index contributed by atoms with van der Waals surface area (Å²) in [7, 11) is 0. The van der Waals surface area contributed by atoms with Gasteiger partial charge in [0.1, 0.15) is 6.04 Å². The highest BCUT2D eigenvalue weighted by Crippen LogP contribution is 2.33. The molecule has 1 aromatic rings. The van der Waals surface area contributed by atoms with Gasteiger partial charge in [0.2, 0.25) is 5.91 Å². The summed E-state index contributed by atoms with van der Waals surface area (Å²) < 4.78 is 0. The van der Waals surface area contributed by atoms with E-state index in [1.54, 1.807) is 6.92 Å². The number of anilines is 1. The molecule has 1 aliphatic heterocycles. The molecule has 0 aliphatic carbocycles. The number of nitrogens with zero attached hydrogens (tertiary/aromatic N) is 2. The maximum atomic E-state index is 12.0. The minimum atomic E-state index is -1.08. The molecule has 1 unspecified atom stereocenters. The van der Waals surface area contributed by atoms with Crippen LogP contribution in [0.3, 0.4) is 0 Å². The van der Waals surface area contributed by atoms with Gasteiger partial charge in [0.25, 0.3) is 5.69 Å². The number of hydrogen-bond donors (Lipinski definition) is 1. The number of rotatable bonds is 4. The van der Waals surface area contributed by atoms with Gasteiger partial charge < -0.3 is 5.11 Å². The van der Waals surface area contributed by atoms with Gasteiger partial charge >= 0.3 is 5.97 Å². The van der Waals surface area contributed by atoms with Crippen molar-refractivity contribution in [1.82, 2.24) is 0 Å². The molecule has 1 N–H and O–H groups in total. The Hall–Kier alpha value is -2.44. The first-order valence-corrected chi connectivity index (χ1v) is 6.28. The van der Waals surface area contributed by atoms with E-state index in [9.17, 15) is 24.8 Å². The lowest BCUT2D eigenvalue weighted by Crippen LogP contribution is -2.47. The first kappa shape index (κ1) is 14.0. The second kappa shape index (κ2) is 5.28. The summed E-state index contributed by atoms with van der Waals surface area (Å²) in [6.45, 7) is 1.69. The molecule has 0 saturated carbocycles. The van der Waals surface area contributed by atoms with E-state index in [1.807, 2.05) is 0 Å². The van der Waals surface area contributed by atoms with Crippen LogP contribution in [-0.4, -0.2) is 27.9 Å². The summed E-state index contributed by atoms with van der Waals surface area (Å²) in [6, 6.07) is 3.21. The number of carbonyl (C=O) groups excluding carboxylic acids is 1. The number of nitro benzene ring substituents is 1. The maximum absolute atomic E-state index is 12.0. The summed E-state index contributed by atoms with van der Waals surface area (Å²) in [6.07, 6.45) is 0.831. The van der Waals surface area contributed by atoms with E-state index in [2.05, 4.69) is 0 Å². The summed E-state index contributed by atoms with van der Waals surface area (Å²) in [5.41, 5.74) is 1.04. The Balaban J connectivity index is 2.49. The topological polar surface area (TPSA) is 101 Å². The van der Waals surface area contributed by atoms with Gasteiger partial charge in [-0.3, -0.25) is 19.8 Å². The molecule has 2 rings (SSSR count). The quantitative estimate of drug-likeness (QED) is 0.667. The molecule has 0 saturated heterocycles. The van der Waals surface area contributed by atoms with Crippen molar-refractivity contribution in [2.45, 2.75) is 32.2 Å². The van der Waals surface area contributed by atoms with Gasteiger partial charge in [-0.2, -0.15) is 0 Å². The number of carboxylic acid groups (broad SMARTS) is 1. The lowest BCUT2D eigenvalue weighted by Gasteiger charge is -2.33. The van der Waals surface area contributed by atoms with Crippen LogP contribution in [0, 0.1) is 10.1 Å². The molecule has 0 fully saturated rings. The van der Waals surface area contributed by atoms with E-state index >= 15 is 0 Å². The number of aryl methyl sites for hydroxylation is 1. The number of fused-ring (bicyclic) bond motifs is 1. The molecule has 7 nitrogen and oxygen atoms in total. The highest BCUT2D eigenvalue weighted by molar-refractivity contribution is 6.01. The monoisotopic (exact) mass is 278 g/mol. The van der Waals surface area contributed by atoms with Gasteiger partial charge in [-0.25, -0.2) is 4.79 Å². The molecule has 0 radical (unpaired) electrons. The van der Waals surface area contributed by atoms with E-state index in [0.717, 1.165) is 0 Å². The Morgan fingerprint density at radius 3 is 2.75 bits per heavy atom. The van der Waals surface area contributed by atoms with Crippen molar-refractivity contribution in [2.75, 3.05) is 4.90 Å². The van der Waals surface area contributed by atoms with Crippen LogP contribution >= 0.6 is 0 Å². The number of carbonyl (C=O) groups is 2. The Morgan fingerprint density at radius 1 is 1.50 bits per heavy atom. The van der Waals surface area contributed by atoms with Crippen molar-refractivity contribution in [3.05, 3.63) is 33.9 Å². The Bertz CT molecular complexity index is 584. The second-order valence-corrected chi connectivity index (χ2v) is 4.60. The number of amides is 1. The van der Waals surface area contributed by atoms with Crippen LogP contribution in [-0.2, 0) is 16.0 Å². The van der Waals surface area contributed by atoms with Gasteiger partial charge in [0.05, 0.1) is 4.92 Å². The fourth-order valence-electron chi connectivity index (χ4n) is 2.43. The lowest BCUT2D eigenvalue weighted by molar-refractivity contribution is -0.384. The van der Waals surface area contributed by atoms with Crippen molar-refractivity contribution in [3.8, 4) is 0 Å². The van der Waals surface area contributed by atoms with Crippen molar-refractivity contribution in [3.63, 3.8) is 0 Å². The van der Waals surface area contributed by atoms with Gasteiger partial charge in [-0.15, -0.1) is 0 Å². The van der Waals surface area contributed by atoms with Crippen LogP contribution in [0.4, 0.5) is 11.4 Å². The molecule has 1 atom stereocenters. The van der Waals surface area contributed by atoms with Crippen molar-refractivity contribution in [1.29, 1.82) is 0 Å². The van der Waals surface area contributed by atoms with Crippen molar-refractivity contribution < 1.29 is 19.6 Å². The van der Waals surface area contributed by atoms with Crippen LogP contribution in [0.25, 0.3) is 0 Å². The van der Waals surface area contributed by atoms with Crippen LogP contribution in [0.15, 0.2) is 18.2 Å². The second-order valence-electron chi connectivity index (χ2n) is 4.60. The fraction of sp³-hybridized carbons (Fsp3) is 0.385. The van der Waals surface area contributed by atoms with E-state index < -0.39 is 16.9 Å². The molecule has 20 heavy (non-hydrogen) atoms. The summed E-state index contributed by atoms with van der Waals surface area (Å²) >= 11 is 0. The van der Waals surface area contributed by atoms with Gasteiger partial charge in [0.15, 0.2) is 0 Å². The number of hydrogen-bond acceptors (Lipinski definition) is 4. The number of non-ortho nitro benzene ring substituents is 1. The summed E-state index contributed by atoms with van der Waals surface area (Å²) in [5, 5.41) is 20.0. The zero-order chi connectivity index (χ0) is 14.9. The minimum Gasteiger partial charge on any atom is -0.480 e. The zero-order valence-corrected chi connectivity index (χ0v) is 10.9. The van der Waals surface area contributed by atoms with E-state index in [0.29, 0.717) is 17.7 Å². The van der Waals surface area contributed by atoms with Crippen LogP contribution in [0.2, 0.25) is 0 Å². The Morgan fingerprint density at radius 2 is 2.20 bits per heavy atom. The highest BCUT2D eigenvalue weighted by atomic mass is 16.6. The molecule has 0 aromatic heterocycles. The molecular weight excluding hydrogens is 264 g/mol. The Kier molecular flexibility index (Phi) is 3.69. The predicted molar refractivity (Wildman–Crippen MR) is 70.6 cm³/mol. The predicted octanol–water partition coefficient (Wildman–Crippen LogP) is 1.74. The van der Waals surface area contributed by atoms with Gasteiger partial charge in [-0.05, 0) is 24.5 Å². The van der Waals surface area contributed by atoms with Crippen molar-refractivity contribution >= 4 is 23.3 Å².